The number of nitrogens with zero attached hydrogens (tertiary/aromatic N) is 4. The first-order valence-electron chi connectivity index (χ1n) is 9.91. The van der Waals surface area contributed by atoms with Crippen molar-refractivity contribution in [2.45, 2.75) is 10.9 Å². The number of aromatic nitrogens is 1. The largest absolute Gasteiger partial charge is 0.507 e. The zero-order chi connectivity index (χ0) is 23.6. The molecule has 1 aromatic carbocycles. The third-order valence-corrected chi connectivity index (χ3v) is 7.06. The molecule has 1 atom stereocenters. The minimum Gasteiger partial charge on any atom is -0.507 e. The normalized spacial score (nSPS) is 18.7. The van der Waals surface area contributed by atoms with Crippen LogP contribution in [0.3, 0.4) is 0 Å². The Morgan fingerprint density at radius 2 is 1.75 bits per heavy atom. The minimum absolute atomic E-state index is 0.0503. The van der Waals surface area contributed by atoms with Crippen LogP contribution in [0.25, 0.3) is 5.76 Å². The number of likely N-dealkylation sites (N-methyl/N-ethyl adjacent to an activating group) is 1. The number of ketones is 1. The molecule has 2 aromatic rings. The lowest BCUT2D eigenvalue weighted by atomic mass is 9.96. The van der Waals surface area contributed by atoms with Crippen molar-refractivity contribution >= 4 is 27.5 Å². The number of carbonyl (C=O) groups is 2. The third kappa shape index (κ3) is 4.43. The van der Waals surface area contributed by atoms with E-state index in [4.69, 9.17) is 0 Å². The van der Waals surface area contributed by atoms with Gasteiger partial charge in [-0.1, -0.05) is 6.07 Å². The maximum atomic E-state index is 12.9. The fraction of sp³-hybridized carbons (Fsp3) is 0.318. The lowest BCUT2D eigenvalue weighted by molar-refractivity contribution is -0.140. The molecule has 2 heterocycles. The van der Waals surface area contributed by atoms with Gasteiger partial charge in [0.25, 0.3) is 11.7 Å². The summed E-state index contributed by atoms with van der Waals surface area (Å²) in [6, 6.07) is 8.18. The quantitative estimate of drug-likeness (QED) is 0.378. The van der Waals surface area contributed by atoms with Crippen LogP contribution in [-0.2, 0) is 19.6 Å². The Balaban J connectivity index is 2.10. The van der Waals surface area contributed by atoms with Crippen LogP contribution in [0.1, 0.15) is 17.2 Å². The molecular weight excluding hydrogens is 432 g/mol. The van der Waals surface area contributed by atoms with Gasteiger partial charge in [-0.25, -0.2) is 12.7 Å². The molecule has 0 aliphatic carbocycles. The number of aliphatic hydroxyl groups excluding tert-OH is 1. The number of hydrogen-bond acceptors (Lipinski definition) is 7. The van der Waals surface area contributed by atoms with Gasteiger partial charge in [0.15, 0.2) is 0 Å². The highest BCUT2D eigenvalue weighted by atomic mass is 32.2. The predicted octanol–water partition coefficient (Wildman–Crippen LogP) is 1.32. The van der Waals surface area contributed by atoms with Crippen molar-refractivity contribution in [3.05, 3.63) is 65.5 Å². The molecule has 1 aromatic heterocycles. The highest BCUT2D eigenvalue weighted by Gasteiger charge is 2.46. The first-order chi connectivity index (χ1) is 15.1. The zero-order valence-corrected chi connectivity index (χ0v) is 19.2. The summed E-state index contributed by atoms with van der Waals surface area (Å²) in [7, 11) is 2.92. The summed E-state index contributed by atoms with van der Waals surface area (Å²) in [4.78, 5) is 33.2. The summed E-state index contributed by atoms with van der Waals surface area (Å²) in [5.41, 5.74) is 0.783. The summed E-state index contributed by atoms with van der Waals surface area (Å²) in [6.45, 7) is 0.814. The zero-order valence-electron chi connectivity index (χ0n) is 18.4. The molecule has 1 amide bonds. The van der Waals surface area contributed by atoms with Crippen LogP contribution in [0, 0.1) is 0 Å². The average Bonchev–Trinajstić information content (AvgIpc) is 3.02. The molecule has 9 nitrogen and oxygen atoms in total. The third-order valence-electron chi connectivity index (χ3n) is 5.23. The summed E-state index contributed by atoms with van der Waals surface area (Å²) < 4.78 is 25.7. The lowest BCUT2D eigenvalue weighted by Gasteiger charge is -2.26. The van der Waals surface area contributed by atoms with Crippen LogP contribution in [0.2, 0.25) is 0 Å². The van der Waals surface area contributed by atoms with Crippen LogP contribution in [0.5, 0.6) is 0 Å². The maximum absolute atomic E-state index is 12.9. The average molecular weight is 459 g/mol. The molecule has 1 N–H and O–H groups in total. The summed E-state index contributed by atoms with van der Waals surface area (Å²) >= 11 is 0. The van der Waals surface area contributed by atoms with E-state index >= 15 is 0 Å². The Morgan fingerprint density at radius 1 is 1.09 bits per heavy atom. The van der Waals surface area contributed by atoms with E-state index in [1.165, 1.54) is 43.3 Å². The Morgan fingerprint density at radius 3 is 2.28 bits per heavy atom. The molecule has 3 rings (SSSR count). The van der Waals surface area contributed by atoms with Crippen molar-refractivity contribution in [2.75, 3.05) is 41.3 Å². The molecule has 0 bridgehead atoms. The molecular formula is C22H26N4O5S. The van der Waals surface area contributed by atoms with Crippen molar-refractivity contribution in [1.29, 1.82) is 0 Å². The molecule has 170 valence electrons. The Hall–Kier alpha value is -3.08. The van der Waals surface area contributed by atoms with Crippen molar-refractivity contribution in [3.8, 4) is 0 Å². The first kappa shape index (κ1) is 23.6. The molecule has 0 spiro atoms. The van der Waals surface area contributed by atoms with E-state index in [-0.39, 0.29) is 28.3 Å². The second kappa shape index (κ2) is 9.19. The van der Waals surface area contributed by atoms with E-state index in [9.17, 15) is 23.1 Å². The number of hydrogen-bond donors (Lipinski definition) is 1. The second-order valence-corrected chi connectivity index (χ2v) is 10.0. The number of pyridine rings is 1. The first-order valence-corrected chi connectivity index (χ1v) is 11.4. The number of amides is 1. The van der Waals surface area contributed by atoms with Gasteiger partial charge in [0.05, 0.1) is 16.5 Å². The van der Waals surface area contributed by atoms with Crippen LogP contribution in [-0.4, -0.2) is 85.6 Å². The maximum Gasteiger partial charge on any atom is 0.295 e. The topological polar surface area (TPSA) is 111 Å². The number of carbonyl (C=O) groups excluding carboxylic acids is 2. The molecule has 1 unspecified atom stereocenters. The van der Waals surface area contributed by atoms with Crippen LogP contribution < -0.4 is 0 Å². The van der Waals surface area contributed by atoms with Gasteiger partial charge in [-0.05, 0) is 50.0 Å². The molecule has 1 saturated heterocycles. The summed E-state index contributed by atoms with van der Waals surface area (Å²) in [5, 5.41) is 11.0. The number of rotatable bonds is 7. The lowest BCUT2D eigenvalue weighted by Crippen LogP contribution is -2.35. The van der Waals surface area contributed by atoms with Crippen molar-refractivity contribution < 1.29 is 23.1 Å². The molecule has 0 saturated carbocycles. The molecule has 0 radical (unpaired) electrons. The highest BCUT2D eigenvalue weighted by molar-refractivity contribution is 7.89. The van der Waals surface area contributed by atoms with Crippen molar-refractivity contribution in [2.24, 2.45) is 0 Å². The SMILES string of the molecule is CN(C)CCN1C(=O)C(=O)/C(=C(\O)c2ccc(S(=O)(=O)N(C)C)cc2)C1c1cccnc1. The second-order valence-electron chi connectivity index (χ2n) is 7.89. The van der Waals surface area contributed by atoms with E-state index in [1.807, 2.05) is 19.0 Å². The van der Waals surface area contributed by atoms with Crippen LogP contribution in [0.15, 0.2) is 59.3 Å². The van der Waals surface area contributed by atoms with E-state index in [0.29, 0.717) is 12.1 Å². The predicted molar refractivity (Wildman–Crippen MR) is 119 cm³/mol. The Kier molecular flexibility index (Phi) is 6.77. The van der Waals surface area contributed by atoms with Crippen LogP contribution >= 0.6 is 0 Å². The fourth-order valence-corrected chi connectivity index (χ4v) is 4.36. The number of Topliss-reactive ketones (excluding diaryl/α,β-unsaturated/α-hetero) is 1. The number of benzene rings is 1. The van der Waals surface area contributed by atoms with Crippen LogP contribution in [0.4, 0.5) is 0 Å². The van der Waals surface area contributed by atoms with E-state index in [0.717, 1.165) is 4.31 Å². The van der Waals surface area contributed by atoms with E-state index < -0.39 is 27.8 Å². The van der Waals surface area contributed by atoms with Gasteiger partial charge < -0.3 is 14.9 Å². The summed E-state index contributed by atoms with van der Waals surface area (Å²) in [6.07, 6.45) is 3.14. The monoisotopic (exact) mass is 458 g/mol. The van der Waals surface area contributed by atoms with Crippen molar-refractivity contribution in [3.63, 3.8) is 0 Å². The van der Waals surface area contributed by atoms with Gasteiger partial charge in [0.1, 0.15) is 5.76 Å². The summed E-state index contributed by atoms with van der Waals surface area (Å²) in [5.74, 6) is -1.85. The highest BCUT2D eigenvalue weighted by Crippen LogP contribution is 2.39. The van der Waals surface area contributed by atoms with Gasteiger partial charge in [0.2, 0.25) is 10.0 Å². The Labute approximate surface area is 187 Å². The minimum atomic E-state index is -3.64. The molecule has 1 fully saturated rings. The van der Waals surface area contributed by atoms with Crippen molar-refractivity contribution in [1.82, 2.24) is 19.1 Å². The molecule has 1 aliphatic heterocycles. The van der Waals surface area contributed by atoms with Gasteiger partial charge in [-0.3, -0.25) is 14.6 Å². The molecule has 1 aliphatic rings. The van der Waals surface area contributed by atoms with Gasteiger partial charge in [0, 0.05) is 45.1 Å². The van der Waals surface area contributed by atoms with E-state index in [2.05, 4.69) is 4.98 Å². The van der Waals surface area contributed by atoms with Gasteiger partial charge in [-0.2, -0.15) is 0 Å². The molecule has 32 heavy (non-hydrogen) atoms. The fourth-order valence-electron chi connectivity index (χ4n) is 3.45. The number of aliphatic hydroxyl groups is 1. The van der Waals surface area contributed by atoms with Gasteiger partial charge in [-0.15, -0.1) is 0 Å². The van der Waals surface area contributed by atoms with E-state index in [1.54, 1.807) is 24.5 Å². The Bertz CT molecular complexity index is 1140. The molecule has 10 heteroatoms. The number of sulfonamides is 1. The standard InChI is InChI=1S/C22H26N4O5S/c1-24(2)12-13-26-19(16-6-5-11-23-14-16)18(21(28)22(26)29)20(27)15-7-9-17(10-8-15)32(30,31)25(3)4/h5-11,14,19,27H,12-13H2,1-4H3/b20-18-. The smallest absolute Gasteiger partial charge is 0.295 e. The number of likely N-dealkylation sites (tertiary alicyclic amines) is 1. The van der Waals surface area contributed by atoms with Gasteiger partial charge >= 0.3 is 0 Å².